The van der Waals surface area contributed by atoms with Gasteiger partial charge in [0.05, 0.1) is 12.1 Å². The van der Waals surface area contributed by atoms with E-state index in [1.54, 1.807) is 0 Å². The van der Waals surface area contributed by atoms with E-state index < -0.39 is 0 Å². The smallest absolute Gasteiger partial charge is 0.132 e. The molecule has 0 radical (unpaired) electrons. The summed E-state index contributed by atoms with van der Waals surface area (Å²) in [5.74, 6) is 1.01. The van der Waals surface area contributed by atoms with Crippen molar-refractivity contribution < 1.29 is 0 Å². The maximum absolute atomic E-state index is 4.48. The number of aromatic nitrogens is 2. The Bertz CT molecular complexity index is 504. The maximum atomic E-state index is 4.48. The molecule has 0 aliphatic heterocycles. The van der Waals surface area contributed by atoms with Gasteiger partial charge in [-0.3, -0.25) is 0 Å². The van der Waals surface area contributed by atoms with Crippen LogP contribution in [0.5, 0.6) is 0 Å². The predicted molar refractivity (Wildman–Crippen MR) is 70.0 cm³/mol. The summed E-state index contributed by atoms with van der Waals surface area (Å²) in [5.41, 5.74) is 2.26. The first-order valence-corrected chi connectivity index (χ1v) is 5.91. The highest BCUT2D eigenvalue weighted by Crippen LogP contribution is 2.23. The Hall–Kier alpha value is -1.07. The predicted octanol–water partition coefficient (Wildman–Crippen LogP) is 1.88. The standard InChI is InChI=1S/C11H15BrN4/c1-13-7-10-14-11(12)9-6-8(15(2)3)4-5-16(9)10/h4-6,13H,7H2,1-3H3. The van der Waals surface area contributed by atoms with Gasteiger partial charge in [0.25, 0.3) is 0 Å². The SMILES string of the molecule is CNCc1nc(Br)c2cc(N(C)C)ccn12. The lowest BCUT2D eigenvalue weighted by molar-refractivity contribution is 0.754. The molecule has 0 spiro atoms. The Morgan fingerprint density at radius 1 is 1.50 bits per heavy atom. The van der Waals surface area contributed by atoms with Crippen molar-refractivity contribution in [1.82, 2.24) is 14.7 Å². The molecule has 16 heavy (non-hydrogen) atoms. The lowest BCUT2D eigenvalue weighted by atomic mass is 10.3. The van der Waals surface area contributed by atoms with Crippen LogP contribution in [-0.4, -0.2) is 30.5 Å². The monoisotopic (exact) mass is 282 g/mol. The highest BCUT2D eigenvalue weighted by atomic mass is 79.9. The molecular weight excluding hydrogens is 268 g/mol. The van der Waals surface area contributed by atoms with Crippen molar-refractivity contribution in [3.8, 4) is 0 Å². The van der Waals surface area contributed by atoms with Crippen LogP contribution in [0.3, 0.4) is 0 Å². The number of halogens is 1. The summed E-state index contributed by atoms with van der Waals surface area (Å²) in [6.07, 6.45) is 2.05. The van der Waals surface area contributed by atoms with Crippen LogP contribution < -0.4 is 10.2 Å². The van der Waals surface area contributed by atoms with Gasteiger partial charge in [-0.05, 0) is 35.1 Å². The minimum absolute atomic E-state index is 0.758. The molecule has 0 saturated heterocycles. The van der Waals surface area contributed by atoms with E-state index in [0.29, 0.717) is 0 Å². The lowest BCUT2D eigenvalue weighted by Crippen LogP contribution is -2.10. The number of nitrogens with zero attached hydrogens (tertiary/aromatic N) is 3. The molecule has 0 atom stereocenters. The van der Waals surface area contributed by atoms with Crippen molar-refractivity contribution in [2.24, 2.45) is 0 Å². The van der Waals surface area contributed by atoms with E-state index in [2.05, 4.69) is 53.9 Å². The van der Waals surface area contributed by atoms with Crippen molar-refractivity contribution in [2.45, 2.75) is 6.54 Å². The number of nitrogens with one attached hydrogen (secondary N) is 1. The Kier molecular flexibility index (Phi) is 3.16. The van der Waals surface area contributed by atoms with Crippen LogP contribution in [0.2, 0.25) is 0 Å². The molecule has 4 nitrogen and oxygen atoms in total. The van der Waals surface area contributed by atoms with Gasteiger partial charge in [-0.2, -0.15) is 0 Å². The van der Waals surface area contributed by atoms with Crippen molar-refractivity contribution in [2.75, 3.05) is 26.0 Å². The zero-order valence-corrected chi connectivity index (χ0v) is 11.2. The molecule has 0 aliphatic carbocycles. The molecule has 2 heterocycles. The number of anilines is 1. The largest absolute Gasteiger partial charge is 0.378 e. The number of rotatable bonds is 3. The number of hydrogen-bond acceptors (Lipinski definition) is 3. The topological polar surface area (TPSA) is 32.6 Å². The van der Waals surface area contributed by atoms with Crippen LogP contribution >= 0.6 is 15.9 Å². The molecule has 2 aromatic rings. The van der Waals surface area contributed by atoms with Gasteiger partial charge in [-0.15, -0.1) is 0 Å². The van der Waals surface area contributed by atoms with E-state index in [0.717, 1.165) is 22.5 Å². The molecule has 2 aromatic heterocycles. The fourth-order valence-corrected chi connectivity index (χ4v) is 2.17. The van der Waals surface area contributed by atoms with Crippen LogP contribution in [-0.2, 0) is 6.54 Å². The zero-order valence-electron chi connectivity index (χ0n) is 9.66. The minimum atomic E-state index is 0.758. The molecule has 1 N–H and O–H groups in total. The van der Waals surface area contributed by atoms with E-state index in [9.17, 15) is 0 Å². The van der Waals surface area contributed by atoms with E-state index in [-0.39, 0.29) is 0 Å². The third kappa shape index (κ3) is 1.92. The van der Waals surface area contributed by atoms with Gasteiger partial charge >= 0.3 is 0 Å². The van der Waals surface area contributed by atoms with Crippen molar-refractivity contribution in [1.29, 1.82) is 0 Å². The average molecular weight is 283 g/mol. The number of hydrogen-bond donors (Lipinski definition) is 1. The number of fused-ring (bicyclic) bond motifs is 1. The van der Waals surface area contributed by atoms with Gasteiger partial charge < -0.3 is 14.6 Å². The molecule has 0 aliphatic rings. The second-order valence-corrected chi connectivity index (χ2v) is 4.63. The summed E-state index contributed by atoms with van der Waals surface area (Å²) in [6, 6.07) is 4.20. The van der Waals surface area contributed by atoms with Gasteiger partial charge in [-0.1, -0.05) is 0 Å². The fourth-order valence-electron chi connectivity index (χ4n) is 1.66. The quantitative estimate of drug-likeness (QED) is 0.933. The summed E-state index contributed by atoms with van der Waals surface area (Å²) in [5, 5.41) is 3.11. The second kappa shape index (κ2) is 4.43. The second-order valence-electron chi connectivity index (χ2n) is 3.88. The first kappa shape index (κ1) is 11.4. The van der Waals surface area contributed by atoms with E-state index >= 15 is 0 Å². The molecule has 0 bridgehead atoms. The van der Waals surface area contributed by atoms with E-state index in [1.165, 1.54) is 5.69 Å². The summed E-state index contributed by atoms with van der Waals surface area (Å²) in [6.45, 7) is 0.758. The van der Waals surface area contributed by atoms with E-state index in [4.69, 9.17) is 0 Å². The van der Waals surface area contributed by atoms with Crippen molar-refractivity contribution in [3.05, 3.63) is 28.8 Å². The fraction of sp³-hybridized carbons (Fsp3) is 0.364. The Morgan fingerprint density at radius 2 is 2.25 bits per heavy atom. The summed E-state index contributed by atoms with van der Waals surface area (Å²) < 4.78 is 2.98. The van der Waals surface area contributed by atoms with Gasteiger partial charge in [0.1, 0.15) is 10.4 Å². The molecule has 2 rings (SSSR count). The normalized spacial score (nSPS) is 11.0. The van der Waals surface area contributed by atoms with Gasteiger partial charge in [0.2, 0.25) is 0 Å². The summed E-state index contributed by atoms with van der Waals surface area (Å²) in [7, 11) is 5.98. The van der Waals surface area contributed by atoms with Gasteiger partial charge in [-0.25, -0.2) is 4.98 Å². The number of pyridine rings is 1. The first-order chi connectivity index (χ1) is 7.63. The maximum Gasteiger partial charge on any atom is 0.132 e. The Labute approximate surface area is 103 Å². The van der Waals surface area contributed by atoms with Crippen LogP contribution in [0.1, 0.15) is 5.82 Å². The summed E-state index contributed by atoms with van der Waals surface area (Å²) >= 11 is 3.49. The van der Waals surface area contributed by atoms with Gasteiger partial charge in [0, 0.05) is 26.0 Å². The molecule has 0 aromatic carbocycles. The van der Waals surface area contributed by atoms with Crippen LogP contribution in [0.15, 0.2) is 22.9 Å². The highest BCUT2D eigenvalue weighted by molar-refractivity contribution is 9.10. The lowest BCUT2D eigenvalue weighted by Gasteiger charge is -2.12. The minimum Gasteiger partial charge on any atom is -0.378 e. The molecular formula is C11H15BrN4. The Morgan fingerprint density at radius 3 is 2.88 bits per heavy atom. The summed E-state index contributed by atoms with van der Waals surface area (Å²) in [4.78, 5) is 6.56. The molecule has 0 saturated carbocycles. The van der Waals surface area contributed by atoms with Gasteiger partial charge in [0.15, 0.2) is 0 Å². The van der Waals surface area contributed by atoms with E-state index in [1.807, 2.05) is 21.1 Å². The highest BCUT2D eigenvalue weighted by Gasteiger charge is 2.09. The average Bonchev–Trinajstić information content (AvgIpc) is 2.56. The zero-order chi connectivity index (χ0) is 11.7. The van der Waals surface area contributed by atoms with Crippen molar-refractivity contribution >= 4 is 27.1 Å². The van der Waals surface area contributed by atoms with Crippen molar-refractivity contribution in [3.63, 3.8) is 0 Å². The first-order valence-electron chi connectivity index (χ1n) is 5.12. The van der Waals surface area contributed by atoms with Crippen LogP contribution in [0, 0.1) is 0 Å². The molecule has 0 fully saturated rings. The van der Waals surface area contributed by atoms with Crippen LogP contribution in [0.4, 0.5) is 5.69 Å². The molecule has 0 unspecified atom stereocenters. The third-order valence-electron chi connectivity index (χ3n) is 2.51. The molecule has 5 heteroatoms. The molecule has 86 valence electrons. The van der Waals surface area contributed by atoms with Crippen LogP contribution in [0.25, 0.3) is 5.52 Å². The Balaban J connectivity index is 2.57. The number of imidazole rings is 1. The third-order valence-corrected chi connectivity index (χ3v) is 3.09. The molecule has 0 amide bonds.